The van der Waals surface area contributed by atoms with Crippen molar-refractivity contribution in [1.29, 1.82) is 0 Å². The fourth-order valence-corrected chi connectivity index (χ4v) is 1.93. The van der Waals surface area contributed by atoms with Gasteiger partial charge in [-0.3, -0.25) is 0 Å². The van der Waals surface area contributed by atoms with Crippen molar-refractivity contribution in [1.82, 2.24) is 0 Å². The lowest BCUT2D eigenvalue weighted by molar-refractivity contribution is -0.153. The summed E-state index contributed by atoms with van der Waals surface area (Å²) < 4.78 is 10.9. The lowest BCUT2D eigenvalue weighted by Crippen LogP contribution is -2.29. The van der Waals surface area contributed by atoms with Gasteiger partial charge in [0.05, 0.1) is 6.10 Å². The van der Waals surface area contributed by atoms with Gasteiger partial charge in [-0.2, -0.15) is 0 Å². The zero-order valence-electron chi connectivity index (χ0n) is 9.84. The molecule has 0 aromatic carbocycles. The summed E-state index contributed by atoms with van der Waals surface area (Å²) in [6.45, 7) is 9.91. The molecule has 0 amide bonds. The maximum Gasteiger partial charge on any atom is 0.333 e. The van der Waals surface area contributed by atoms with Crippen molar-refractivity contribution in [2.24, 2.45) is 0 Å². The zero-order valence-corrected chi connectivity index (χ0v) is 9.84. The van der Waals surface area contributed by atoms with E-state index >= 15 is 0 Å². The quantitative estimate of drug-likeness (QED) is 0.530. The predicted molar refractivity (Wildman–Crippen MR) is 58.6 cm³/mol. The first-order chi connectivity index (χ1) is 6.97. The smallest absolute Gasteiger partial charge is 0.333 e. The molecule has 2 unspecified atom stereocenters. The molecule has 1 fully saturated rings. The van der Waals surface area contributed by atoms with Crippen molar-refractivity contribution in [3.05, 3.63) is 12.2 Å². The molecule has 2 atom stereocenters. The summed E-state index contributed by atoms with van der Waals surface area (Å²) in [5, 5.41) is 0. The second kappa shape index (κ2) is 4.79. The summed E-state index contributed by atoms with van der Waals surface area (Å²) in [5.74, 6) is -0.297. The first-order valence-corrected chi connectivity index (χ1v) is 5.47. The topological polar surface area (TPSA) is 35.5 Å². The molecule has 1 aliphatic carbocycles. The summed E-state index contributed by atoms with van der Waals surface area (Å²) in [4.78, 5) is 11.4. The molecule has 3 nitrogen and oxygen atoms in total. The molecule has 0 aromatic heterocycles. The molecule has 1 aliphatic rings. The Hall–Kier alpha value is -0.830. The highest BCUT2D eigenvalue weighted by Gasteiger charge is 2.38. The van der Waals surface area contributed by atoms with Crippen molar-refractivity contribution < 1.29 is 14.3 Å². The highest BCUT2D eigenvalue weighted by atomic mass is 16.6. The summed E-state index contributed by atoms with van der Waals surface area (Å²) in [6.07, 6.45) is 2.86. The SMILES string of the molecule is C=C(C)C(=O)OC1(C)CCC(OCC)C1. The summed E-state index contributed by atoms with van der Waals surface area (Å²) in [5.41, 5.74) is 0.0895. The van der Waals surface area contributed by atoms with Crippen LogP contribution in [0.2, 0.25) is 0 Å². The van der Waals surface area contributed by atoms with Crippen LogP contribution >= 0.6 is 0 Å². The first-order valence-electron chi connectivity index (χ1n) is 5.47. The van der Waals surface area contributed by atoms with Crippen LogP contribution in [0.5, 0.6) is 0 Å². The van der Waals surface area contributed by atoms with Crippen molar-refractivity contribution >= 4 is 5.97 Å². The molecular weight excluding hydrogens is 192 g/mol. The maximum absolute atomic E-state index is 11.4. The van der Waals surface area contributed by atoms with Gasteiger partial charge < -0.3 is 9.47 Å². The molecule has 0 radical (unpaired) electrons. The Bertz CT molecular complexity index is 260. The third-order valence-corrected chi connectivity index (χ3v) is 2.74. The Morgan fingerprint density at radius 1 is 1.60 bits per heavy atom. The number of esters is 1. The van der Waals surface area contributed by atoms with Gasteiger partial charge in [-0.1, -0.05) is 6.58 Å². The highest BCUT2D eigenvalue weighted by molar-refractivity contribution is 5.87. The van der Waals surface area contributed by atoms with Gasteiger partial charge in [0.2, 0.25) is 0 Å². The van der Waals surface area contributed by atoms with Crippen LogP contribution in [0.3, 0.4) is 0 Å². The fourth-order valence-electron chi connectivity index (χ4n) is 1.93. The van der Waals surface area contributed by atoms with E-state index in [4.69, 9.17) is 9.47 Å². The highest BCUT2D eigenvalue weighted by Crippen LogP contribution is 2.35. The van der Waals surface area contributed by atoms with Crippen LogP contribution in [0, 0.1) is 0 Å². The Balaban J connectivity index is 2.48. The van der Waals surface area contributed by atoms with Crippen LogP contribution in [0.4, 0.5) is 0 Å². The van der Waals surface area contributed by atoms with E-state index in [1.54, 1.807) is 6.92 Å². The molecule has 0 bridgehead atoms. The molecule has 0 aliphatic heterocycles. The van der Waals surface area contributed by atoms with E-state index in [-0.39, 0.29) is 17.7 Å². The average Bonchev–Trinajstić information content (AvgIpc) is 2.48. The first kappa shape index (κ1) is 12.2. The Morgan fingerprint density at radius 3 is 2.80 bits per heavy atom. The second-order valence-electron chi connectivity index (χ2n) is 4.44. The minimum absolute atomic E-state index is 0.234. The van der Waals surface area contributed by atoms with E-state index in [2.05, 4.69) is 6.58 Å². The van der Waals surface area contributed by atoms with Crippen LogP contribution in [0.25, 0.3) is 0 Å². The lowest BCUT2D eigenvalue weighted by Gasteiger charge is -2.24. The summed E-state index contributed by atoms with van der Waals surface area (Å²) in [7, 11) is 0. The van der Waals surface area contributed by atoms with Gasteiger partial charge in [0.15, 0.2) is 0 Å². The molecule has 1 rings (SSSR count). The van der Waals surface area contributed by atoms with Crippen LogP contribution in [0.15, 0.2) is 12.2 Å². The zero-order chi connectivity index (χ0) is 11.5. The van der Waals surface area contributed by atoms with E-state index in [9.17, 15) is 4.79 Å². The van der Waals surface area contributed by atoms with E-state index in [1.165, 1.54) is 0 Å². The lowest BCUT2D eigenvalue weighted by atomic mass is 10.1. The minimum atomic E-state index is -0.365. The van der Waals surface area contributed by atoms with Gasteiger partial charge in [0, 0.05) is 18.6 Å². The van der Waals surface area contributed by atoms with Crippen molar-refractivity contribution in [3.63, 3.8) is 0 Å². The van der Waals surface area contributed by atoms with E-state index in [0.717, 1.165) is 25.9 Å². The largest absolute Gasteiger partial charge is 0.456 e. The van der Waals surface area contributed by atoms with Crippen LogP contribution < -0.4 is 0 Å². The molecule has 0 N–H and O–H groups in total. The number of carbonyl (C=O) groups excluding carboxylic acids is 1. The van der Waals surface area contributed by atoms with E-state index in [0.29, 0.717) is 5.57 Å². The van der Waals surface area contributed by atoms with Gasteiger partial charge in [0.1, 0.15) is 5.60 Å². The normalized spacial score (nSPS) is 30.2. The second-order valence-corrected chi connectivity index (χ2v) is 4.44. The fraction of sp³-hybridized carbons (Fsp3) is 0.750. The molecule has 3 heteroatoms. The predicted octanol–water partition coefficient (Wildman–Crippen LogP) is 2.45. The van der Waals surface area contributed by atoms with Crippen LogP contribution in [-0.4, -0.2) is 24.3 Å². The molecular formula is C12H20O3. The van der Waals surface area contributed by atoms with Gasteiger partial charge in [0.25, 0.3) is 0 Å². The van der Waals surface area contributed by atoms with Crippen molar-refractivity contribution in [2.45, 2.75) is 51.7 Å². The minimum Gasteiger partial charge on any atom is -0.456 e. The Morgan fingerprint density at radius 2 is 2.27 bits per heavy atom. The number of rotatable bonds is 4. The van der Waals surface area contributed by atoms with Gasteiger partial charge in [-0.25, -0.2) is 4.79 Å². The summed E-state index contributed by atoms with van der Waals surface area (Å²) in [6, 6.07) is 0. The van der Waals surface area contributed by atoms with E-state index in [1.807, 2.05) is 13.8 Å². The van der Waals surface area contributed by atoms with Crippen LogP contribution in [-0.2, 0) is 14.3 Å². The standard InChI is InChI=1S/C12H20O3/c1-5-14-10-6-7-12(4,8-10)15-11(13)9(2)3/h10H,2,5-8H2,1,3-4H3. The Kier molecular flexibility index (Phi) is 3.91. The monoisotopic (exact) mass is 212 g/mol. The number of ether oxygens (including phenoxy) is 2. The number of carbonyl (C=O) groups is 1. The number of hydrogen-bond donors (Lipinski definition) is 0. The third kappa shape index (κ3) is 3.34. The molecule has 0 saturated heterocycles. The van der Waals surface area contributed by atoms with Crippen LogP contribution in [0.1, 0.15) is 40.0 Å². The molecule has 0 aromatic rings. The van der Waals surface area contributed by atoms with E-state index < -0.39 is 0 Å². The van der Waals surface area contributed by atoms with Gasteiger partial charge >= 0.3 is 5.97 Å². The molecule has 0 spiro atoms. The van der Waals surface area contributed by atoms with Crippen molar-refractivity contribution in [3.8, 4) is 0 Å². The molecule has 86 valence electrons. The molecule has 15 heavy (non-hydrogen) atoms. The van der Waals surface area contributed by atoms with Gasteiger partial charge in [-0.05, 0) is 33.6 Å². The molecule has 0 heterocycles. The van der Waals surface area contributed by atoms with Crippen molar-refractivity contribution in [2.75, 3.05) is 6.61 Å². The third-order valence-electron chi connectivity index (χ3n) is 2.74. The van der Waals surface area contributed by atoms with Gasteiger partial charge in [-0.15, -0.1) is 0 Å². The molecule has 1 saturated carbocycles. The average molecular weight is 212 g/mol. The summed E-state index contributed by atoms with van der Waals surface area (Å²) >= 11 is 0. The maximum atomic E-state index is 11.4. The Labute approximate surface area is 91.4 Å². The number of hydrogen-bond acceptors (Lipinski definition) is 3.